The minimum Gasteiger partial charge on any atom is -0.336 e. The zero-order valence-electron chi connectivity index (χ0n) is 16.1. The average Bonchev–Trinajstić information content (AvgIpc) is 3.21. The van der Waals surface area contributed by atoms with E-state index >= 15 is 0 Å². The maximum atomic E-state index is 6.52. The first-order valence-corrected chi connectivity index (χ1v) is 9.53. The third-order valence-corrected chi connectivity index (χ3v) is 4.98. The fourth-order valence-electron chi connectivity index (χ4n) is 3.56. The Morgan fingerprint density at radius 2 is 0.967 bits per heavy atom. The maximum Gasteiger partial charge on any atom is 0.183 e. The molecule has 5 aromatic rings. The van der Waals surface area contributed by atoms with E-state index in [0.29, 0.717) is 11.6 Å². The Morgan fingerprint density at radius 1 is 0.533 bits per heavy atom. The van der Waals surface area contributed by atoms with Crippen molar-refractivity contribution in [3.05, 3.63) is 97.6 Å². The van der Waals surface area contributed by atoms with Gasteiger partial charge in [-0.2, -0.15) is 0 Å². The summed E-state index contributed by atoms with van der Waals surface area (Å²) in [5.41, 5.74) is 5.77. The van der Waals surface area contributed by atoms with Gasteiger partial charge in [0.05, 0.1) is 0 Å². The van der Waals surface area contributed by atoms with Crippen molar-refractivity contribution in [3.8, 4) is 45.0 Å². The molecule has 0 aliphatic rings. The summed E-state index contributed by atoms with van der Waals surface area (Å²) in [4.78, 5) is 8.47. The number of nitrogen functional groups attached to an aromatic ring is 1. The number of nitrogens with two attached hydrogens (primary N) is 1. The van der Waals surface area contributed by atoms with Gasteiger partial charge in [-0.05, 0) is 23.3 Å². The molecule has 5 rings (SSSR count). The van der Waals surface area contributed by atoms with Crippen molar-refractivity contribution in [2.24, 2.45) is 0 Å². The van der Waals surface area contributed by atoms with Crippen LogP contribution in [-0.2, 0) is 0 Å². The zero-order valence-corrected chi connectivity index (χ0v) is 16.1. The van der Waals surface area contributed by atoms with Crippen molar-refractivity contribution in [2.45, 2.75) is 0 Å². The fraction of sp³-hybridized carbons (Fsp3) is 0. The van der Waals surface area contributed by atoms with E-state index in [1.807, 2.05) is 85.2 Å². The summed E-state index contributed by atoms with van der Waals surface area (Å²) in [6.45, 7) is 0. The Hall–Kier alpha value is -4.32. The van der Waals surface area contributed by atoms with Gasteiger partial charge in [-0.1, -0.05) is 60.7 Å². The Balaban J connectivity index is 1.65. The summed E-state index contributed by atoms with van der Waals surface area (Å²) in [6, 6.07) is 23.8. The second-order valence-corrected chi connectivity index (χ2v) is 6.79. The Kier molecular flexibility index (Phi) is 4.50. The van der Waals surface area contributed by atoms with E-state index in [4.69, 9.17) is 5.84 Å². The van der Waals surface area contributed by atoms with Crippen molar-refractivity contribution < 1.29 is 0 Å². The number of rotatable bonds is 4. The lowest BCUT2D eigenvalue weighted by Gasteiger charge is -2.11. The van der Waals surface area contributed by atoms with Gasteiger partial charge in [0.1, 0.15) is 0 Å². The molecule has 0 fully saturated rings. The summed E-state index contributed by atoms with van der Waals surface area (Å²) in [7, 11) is 0. The van der Waals surface area contributed by atoms with Gasteiger partial charge in [0.2, 0.25) is 0 Å². The third-order valence-electron chi connectivity index (χ3n) is 4.98. The first-order chi connectivity index (χ1) is 14.8. The van der Waals surface area contributed by atoms with E-state index < -0.39 is 0 Å². The lowest BCUT2D eigenvalue weighted by Crippen LogP contribution is -2.12. The van der Waals surface area contributed by atoms with Gasteiger partial charge in [0.25, 0.3) is 0 Å². The summed E-state index contributed by atoms with van der Waals surface area (Å²) < 4.78 is 1.55. The molecule has 0 spiro atoms. The van der Waals surface area contributed by atoms with Gasteiger partial charge in [0.15, 0.2) is 11.6 Å². The lowest BCUT2D eigenvalue weighted by atomic mass is 10.00. The molecule has 0 aliphatic heterocycles. The van der Waals surface area contributed by atoms with E-state index in [0.717, 1.165) is 33.4 Å². The number of hydrogen-bond donors (Lipinski definition) is 1. The number of hydrogen-bond acceptors (Lipinski definition) is 5. The molecular weight excluding hydrogens is 372 g/mol. The molecule has 2 N–H and O–H groups in total. The highest BCUT2D eigenvalue weighted by molar-refractivity contribution is 5.83. The van der Waals surface area contributed by atoms with Crippen LogP contribution in [0.4, 0.5) is 0 Å². The Bertz CT molecular complexity index is 1200. The molecule has 6 heteroatoms. The molecule has 3 aromatic heterocycles. The summed E-state index contributed by atoms with van der Waals surface area (Å²) in [5, 5.41) is 8.87. The topological polar surface area (TPSA) is 82.5 Å². The molecule has 0 aliphatic carbocycles. The number of nitrogens with zero attached hydrogens (tertiary/aromatic N) is 5. The molecule has 0 amide bonds. The highest BCUT2D eigenvalue weighted by Crippen LogP contribution is 2.34. The zero-order chi connectivity index (χ0) is 20.3. The Labute approximate surface area is 173 Å². The van der Waals surface area contributed by atoms with Crippen molar-refractivity contribution in [3.63, 3.8) is 0 Å². The molecule has 0 radical (unpaired) electrons. The largest absolute Gasteiger partial charge is 0.336 e. The average molecular weight is 390 g/mol. The molecule has 0 saturated carbocycles. The number of aromatic nitrogens is 5. The molecular formula is C24H18N6. The number of pyridine rings is 2. The van der Waals surface area contributed by atoms with Crippen molar-refractivity contribution >= 4 is 0 Å². The predicted molar refractivity (Wildman–Crippen MR) is 118 cm³/mol. The smallest absolute Gasteiger partial charge is 0.183 e. The van der Waals surface area contributed by atoms with E-state index in [-0.39, 0.29) is 0 Å². The van der Waals surface area contributed by atoms with Gasteiger partial charge in [-0.25, -0.2) is 4.68 Å². The third kappa shape index (κ3) is 3.10. The van der Waals surface area contributed by atoms with Crippen LogP contribution in [0.5, 0.6) is 0 Å². The van der Waals surface area contributed by atoms with Crippen LogP contribution < -0.4 is 5.84 Å². The Morgan fingerprint density at radius 3 is 1.37 bits per heavy atom. The van der Waals surface area contributed by atoms with Crippen molar-refractivity contribution in [2.75, 3.05) is 5.84 Å². The van der Waals surface area contributed by atoms with Crippen LogP contribution >= 0.6 is 0 Å². The molecule has 144 valence electrons. The van der Waals surface area contributed by atoms with Gasteiger partial charge in [-0.15, -0.1) is 10.2 Å². The fourth-order valence-corrected chi connectivity index (χ4v) is 3.56. The SMILES string of the molecule is Nn1c(-c2ccccc2-c2cccnc2)nnc1-c1ccccc1-c1cccnc1. The van der Waals surface area contributed by atoms with Crippen LogP contribution in [-0.4, -0.2) is 24.8 Å². The summed E-state index contributed by atoms with van der Waals surface area (Å²) >= 11 is 0. The second-order valence-electron chi connectivity index (χ2n) is 6.79. The second kappa shape index (κ2) is 7.60. The van der Waals surface area contributed by atoms with Gasteiger partial charge >= 0.3 is 0 Å². The van der Waals surface area contributed by atoms with Crippen LogP contribution in [0.3, 0.4) is 0 Å². The monoisotopic (exact) mass is 390 g/mol. The highest BCUT2D eigenvalue weighted by atomic mass is 15.4. The van der Waals surface area contributed by atoms with Crippen LogP contribution in [0.15, 0.2) is 97.6 Å². The minimum absolute atomic E-state index is 0.588. The predicted octanol–water partition coefficient (Wildman–Crippen LogP) is 4.45. The highest BCUT2D eigenvalue weighted by Gasteiger charge is 2.19. The number of benzene rings is 2. The van der Waals surface area contributed by atoms with Crippen LogP contribution in [0.25, 0.3) is 45.0 Å². The first-order valence-electron chi connectivity index (χ1n) is 9.53. The molecule has 3 heterocycles. The van der Waals surface area contributed by atoms with Crippen LogP contribution in [0.2, 0.25) is 0 Å². The summed E-state index contributed by atoms with van der Waals surface area (Å²) in [6.07, 6.45) is 7.17. The van der Waals surface area contributed by atoms with Crippen molar-refractivity contribution in [1.82, 2.24) is 24.8 Å². The molecule has 0 unspecified atom stereocenters. The molecule has 30 heavy (non-hydrogen) atoms. The molecule has 0 bridgehead atoms. The quantitative estimate of drug-likeness (QED) is 0.459. The van der Waals surface area contributed by atoms with Crippen LogP contribution in [0.1, 0.15) is 0 Å². The molecule has 2 aromatic carbocycles. The lowest BCUT2D eigenvalue weighted by molar-refractivity contribution is 1.02. The van der Waals surface area contributed by atoms with Crippen LogP contribution in [0, 0.1) is 0 Å². The first kappa shape index (κ1) is 17.8. The maximum absolute atomic E-state index is 6.52. The molecule has 0 saturated heterocycles. The summed E-state index contributed by atoms with van der Waals surface area (Å²) in [5.74, 6) is 7.70. The van der Waals surface area contributed by atoms with E-state index in [1.165, 1.54) is 0 Å². The molecule has 6 nitrogen and oxygen atoms in total. The minimum atomic E-state index is 0.588. The normalized spacial score (nSPS) is 10.8. The van der Waals surface area contributed by atoms with Gasteiger partial charge in [0, 0.05) is 47.0 Å². The van der Waals surface area contributed by atoms with Crippen molar-refractivity contribution in [1.29, 1.82) is 0 Å². The van der Waals surface area contributed by atoms with E-state index in [2.05, 4.69) is 20.2 Å². The van der Waals surface area contributed by atoms with Gasteiger partial charge in [-0.3, -0.25) is 9.97 Å². The van der Waals surface area contributed by atoms with E-state index in [1.54, 1.807) is 17.1 Å². The molecule has 0 atom stereocenters. The van der Waals surface area contributed by atoms with E-state index in [9.17, 15) is 0 Å². The standard InChI is InChI=1S/C24H18N6/c25-30-23(21-11-3-1-9-19(21)17-7-5-13-26-15-17)28-29-24(30)22-12-4-2-10-20(22)18-8-6-14-27-16-18/h1-16H,25H2. The van der Waals surface area contributed by atoms with Gasteiger partial charge < -0.3 is 5.84 Å².